The maximum Gasteiger partial charge on any atom is 0.165 e. The molecule has 8 saturated carbocycles. The van der Waals surface area contributed by atoms with Gasteiger partial charge in [-0.3, -0.25) is 42.7 Å². The summed E-state index contributed by atoms with van der Waals surface area (Å²) in [5.74, 6) is 5.08. The molecular weight excluding hydrogens is 1940 g/mol. The lowest BCUT2D eigenvalue weighted by Gasteiger charge is -2.58. The van der Waals surface area contributed by atoms with E-state index in [9.17, 15) is 42.7 Å². The molecule has 16 aromatic rings. The molecule has 16 nitrogen and oxygen atoms in total. The van der Waals surface area contributed by atoms with Crippen LogP contribution in [-0.4, -0.2) is 85.4 Å². The molecule has 8 aliphatic carbocycles. The third-order valence-corrected chi connectivity index (χ3v) is 35.3. The zero-order chi connectivity index (χ0) is 103. The van der Waals surface area contributed by atoms with Crippen LogP contribution in [0.15, 0.2) is 286 Å². The average Bonchev–Trinajstić information content (AvgIpc) is 1.15. The first-order valence-corrected chi connectivity index (χ1v) is 54.4. The van der Waals surface area contributed by atoms with Crippen molar-refractivity contribution in [3.63, 3.8) is 0 Å². The lowest BCUT2D eigenvalue weighted by Crippen LogP contribution is -2.49. The lowest BCUT2D eigenvalue weighted by atomic mass is 9.47. The van der Waals surface area contributed by atoms with Gasteiger partial charge >= 0.3 is 0 Å². The molecule has 12 aromatic carbocycles. The van der Waals surface area contributed by atoms with Crippen molar-refractivity contribution in [2.24, 2.45) is 69.0 Å². The van der Waals surface area contributed by atoms with Gasteiger partial charge in [0.2, 0.25) is 0 Å². The number of ketones is 8. The Morgan fingerprint density at radius 1 is 0.295 bits per heavy atom. The van der Waals surface area contributed by atoms with Gasteiger partial charge in [-0.15, -0.1) is 0 Å². The van der Waals surface area contributed by atoms with Gasteiger partial charge in [0.1, 0.15) is 29.0 Å². The van der Waals surface area contributed by atoms with Gasteiger partial charge in [0, 0.05) is 100 Å². The Kier molecular flexibility index (Phi) is 29.2. The first-order valence-electron chi connectivity index (χ1n) is 52.9. The third-order valence-electron chi connectivity index (χ3n) is 33.9. The van der Waals surface area contributed by atoms with Crippen LogP contribution in [0.25, 0.3) is 88.1 Å². The van der Waals surface area contributed by atoms with Crippen molar-refractivity contribution < 1.29 is 42.7 Å². The molecule has 4 aromatic heterocycles. The maximum absolute atomic E-state index is 14.2. The molecule has 4 heterocycles. The molecule has 21 heteroatoms. The van der Waals surface area contributed by atoms with Crippen LogP contribution in [0.4, 0.5) is 4.39 Å². The van der Waals surface area contributed by atoms with Crippen LogP contribution < -0.4 is 0 Å². The summed E-state index contributed by atoms with van der Waals surface area (Å²) in [6, 6.07) is 85.6. The monoisotopic (exact) mass is 2060 g/mol. The van der Waals surface area contributed by atoms with Crippen molar-refractivity contribution in [1.82, 2.24) is 39.1 Å². The minimum atomic E-state index is -0.248. The number of halogens is 5. The summed E-state index contributed by atoms with van der Waals surface area (Å²) < 4.78 is 21.8. The first kappa shape index (κ1) is 102. The second-order valence-corrected chi connectivity index (χ2v) is 46.9. The van der Waals surface area contributed by atoms with Gasteiger partial charge in [0.05, 0.1) is 92.6 Å². The van der Waals surface area contributed by atoms with Crippen LogP contribution in [0, 0.1) is 74.8 Å². The number of fused-ring (bicyclic) bond motifs is 4. The van der Waals surface area contributed by atoms with Gasteiger partial charge in [-0.25, -0.2) is 4.39 Å². The number of aromatic nitrogens is 8. The van der Waals surface area contributed by atoms with Crippen molar-refractivity contribution in [3.05, 3.63) is 356 Å². The molecule has 758 valence electrons. The van der Waals surface area contributed by atoms with Crippen molar-refractivity contribution in [2.45, 2.75) is 208 Å². The van der Waals surface area contributed by atoms with E-state index in [2.05, 4.69) is 137 Å². The molecule has 0 bridgehead atoms. The number of nitrogens with zero attached hydrogens (tertiary/aromatic N) is 8. The second-order valence-electron chi connectivity index (χ2n) is 45.3. The molecular formula is C128H123Cl4FN8O8. The minimum Gasteiger partial charge on any atom is -0.300 e. The fraction of sp³-hybridized carbons (Fsp3) is 0.344. The van der Waals surface area contributed by atoms with Crippen molar-refractivity contribution >= 4 is 136 Å². The Bertz CT molecular complexity index is 7530. The number of hydrogen-bond donors (Lipinski definition) is 0. The number of benzene rings is 12. The van der Waals surface area contributed by atoms with Gasteiger partial charge in [-0.2, -0.15) is 20.4 Å². The van der Waals surface area contributed by atoms with Crippen LogP contribution >= 0.6 is 46.4 Å². The fourth-order valence-electron chi connectivity index (χ4n) is 27.3. The van der Waals surface area contributed by atoms with Crippen LogP contribution in [0.2, 0.25) is 20.1 Å². The normalized spacial score (nSPS) is 22.7. The molecule has 1 atom stereocenters. The average molecular weight is 2060 g/mol. The van der Waals surface area contributed by atoms with Crippen molar-refractivity contribution in [2.75, 3.05) is 0 Å². The second kappa shape index (κ2) is 42.8. The molecule has 149 heavy (non-hydrogen) atoms. The zero-order valence-electron chi connectivity index (χ0n) is 84.9. The topological polar surface area (TPSA) is 208 Å². The molecule has 0 N–H and O–H groups in total. The largest absolute Gasteiger partial charge is 0.300 e. The summed E-state index contributed by atoms with van der Waals surface area (Å²) >= 11 is 26.0. The van der Waals surface area contributed by atoms with E-state index >= 15 is 0 Å². The van der Waals surface area contributed by atoms with E-state index in [4.69, 9.17) is 46.4 Å². The SMILES string of the molecule is CC(=O)C1CC2(CC(CC(=O)c3ccc(Cl)c4cnn(C(C)c5ccc(-c6ccccc6)cc5)c34)C2)C1.CC(=O)CC1CC2(C1)CC(CC(=O)c1ccc(Cl)c3cnn(Cc4ccc(-c5ccccc5)cc4)c13)C2.CC(=O)CC1CC2(C1)CC(CC(=O)c1ccc(Cl)c3cnn(Cc4ccc(-c5ccccc5)cc4)c13)C2.CC(=O)CC1CC2(C1)CC(CC(=O)c1ccc(Cl)c3cnn(Cc4ccc(-c5ccccc5F)cc4)c13)C2. The first-order chi connectivity index (χ1) is 71.9. The van der Waals surface area contributed by atoms with Gasteiger partial charge in [-0.1, -0.05) is 253 Å². The maximum atomic E-state index is 14.2. The summed E-state index contributed by atoms with van der Waals surface area (Å²) in [4.78, 5) is 99.8. The molecule has 24 rings (SSSR count). The van der Waals surface area contributed by atoms with Crippen molar-refractivity contribution in [3.8, 4) is 44.5 Å². The minimum absolute atomic E-state index is 0.0576. The van der Waals surface area contributed by atoms with E-state index in [1.165, 1.54) is 39.4 Å². The summed E-state index contributed by atoms with van der Waals surface area (Å²) in [6.45, 7) is 10.5. The molecule has 8 aliphatic rings. The fourth-order valence-corrected chi connectivity index (χ4v) is 28.1. The Morgan fingerprint density at radius 2 is 0.550 bits per heavy atom. The highest BCUT2D eigenvalue weighted by Gasteiger charge is 2.57. The predicted octanol–water partition coefficient (Wildman–Crippen LogP) is 31.4. The van der Waals surface area contributed by atoms with E-state index in [-0.39, 0.29) is 46.7 Å². The van der Waals surface area contributed by atoms with Crippen LogP contribution in [0.3, 0.4) is 0 Å². The zero-order valence-corrected chi connectivity index (χ0v) is 88.0. The van der Waals surface area contributed by atoms with E-state index in [0.717, 1.165) is 174 Å². The summed E-state index contributed by atoms with van der Waals surface area (Å²) in [5.41, 5.74) is 20.3. The number of carbonyl (C=O) groups excluding carboxylic acids is 8. The molecule has 4 spiro atoms. The Labute approximate surface area is 889 Å². The number of Topliss-reactive ketones (excluding diaryl/α,β-unsaturated/α-hetero) is 8. The number of rotatable bonds is 31. The summed E-state index contributed by atoms with van der Waals surface area (Å²) in [6.07, 6.45) is 28.9. The smallest absolute Gasteiger partial charge is 0.165 e. The summed E-state index contributed by atoms with van der Waals surface area (Å²) in [5, 5.41) is 24.1. The molecule has 0 saturated heterocycles. The predicted molar refractivity (Wildman–Crippen MR) is 591 cm³/mol. The molecule has 8 fully saturated rings. The van der Waals surface area contributed by atoms with E-state index < -0.39 is 0 Å². The highest BCUT2D eigenvalue weighted by atomic mass is 35.5. The van der Waals surface area contributed by atoms with Crippen molar-refractivity contribution in [1.29, 1.82) is 0 Å². The van der Waals surface area contributed by atoms with Gasteiger partial charge in [-0.05, 0) is 316 Å². The van der Waals surface area contributed by atoms with Crippen LogP contribution in [0.1, 0.15) is 252 Å². The van der Waals surface area contributed by atoms with Gasteiger partial charge < -0.3 is 14.4 Å². The van der Waals surface area contributed by atoms with Gasteiger partial charge in [0.15, 0.2) is 23.1 Å². The Hall–Kier alpha value is -13.0. The highest BCUT2D eigenvalue weighted by Crippen LogP contribution is 2.66. The lowest BCUT2D eigenvalue weighted by molar-refractivity contribution is -0.136. The number of carbonyl (C=O) groups is 8. The number of hydrogen-bond acceptors (Lipinski definition) is 12. The van der Waals surface area contributed by atoms with E-state index in [1.54, 1.807) is 70.7 Å². The molecule has 0 aliphatic heterocycles. The quantitative estimate of drug-likeness (QED) is 0.0372. The standard InChI is InChI=1S/C32H30ClFN2O2.3C32H31ClN2O2/c1-20(37)12-22-14-32(15-22)16-23(17-32)13-30(38)26-10-11-28(33)27-18-35-36(31(26)27)19-21-6-8-24(9-7-21)25-4-2-3-5-29(25)34;1-20(23-8-10-25(11-9-23)24-6-4-3-5-7-24)35-31-27(12-13-29(33)28(31)19-34-35)30(37)14-22-15-32(16-22)17-26(18-32)21(2)36;2*1-21(36)13-23-15-32(16-23)17-24(18-32)14-30(37)27-11-12-29(33)28-19-34-35(31(27)28)20-22-7-9-26(10-8-22)25-5-3-2-4-6-25/h2-11,18,22-23H,12-17,19H2,1H3;3-13,19-20,22,26H,14-18H2,1-2H3;2*2-12,19,23-24H,13-18,20H2,1H3. The Morgan fingerprint density at radius 3 is 0.852 bits per heavy atom. The molecule has 0 amide bonds. The highest BCUT2D eigenvalue weighted by molar-refractivity contribution is 6.38. The molecule has 1 unspecified atom stereocenters. The van der Waals surface area contributed by atoms with E-state index in [1.807, 2.05) is 146 Å². The van der Waals surface area contributed by atoms with Gasteiger partial charge in [0.25, 0.3) is 0 Å². The third kappa shape index (κ3) is 21.9. The van der Waals surface area contributed by atoms with Crippen LogP contribution in [-0.2, 0) is 38.8 Å². The summed E-state index contributed by atoms with van der Waals surface area (Å²) in [7, 11) is 0. The van der Waals surface area contributed by atoms with E-state index in [0.29, 0.717) is 193 Å². The Balaban J connectivity index is 0.000000116. The van der Waals surface area contributed by atoms with Crippen LogP contribution in [0.5, 0.6) is 0 Å². The molecule has 0 radical (unpaired) electrons.